The first kappa shape index (κ1) is 15.5. The van der Waals surface area contributed by atoms with E-state index in [1.54, 1.807) is 0 Å². The summed E-state index contributed by atoms with van der Waals surface area (Å²) in [7, 11) is 2.11. The van der Waals surface area contributed by atoms with Gasteiger partial charge in [-0.1, -0.05) is 50.6 Å². The van der Waals surface area contributed by atoms with Crippen LogP contribution in [-0.2, 0) is 6.54 Å². The fraction of sp³-hybridized carbons (Fsp3) is 0.600. The predicted molar refractivity (Wildman–Crippen MR) is 79.8 cm³/mol. The molecule has 0 bridgehead atoms. The quantitative estimate of drug-likeness (QED) is 0.885. The van der Waals surface area contributed by atoms with E-state index in [-0.39, 0.29) is 11.5 Å². The van der Waals surface area contributed by atoms with Crippen molar-refractivity contribution in [2.24, 2.45) is 11.1 Å². The van der Waals surface area contributed by atoms with Crippen molar-refractivity contribution in [1.82, 2.24) is 4.90 Å². The van der Waals surface area contributed by atoms with Gasteiger partial charge in [-0.25, -0.2) is 0 Å². The van der Waals surface area contributed by atoms with Gasteiger partial charge < -0.3 is 10.6 Å². The number of hydrogen-bond acceptors (Lipinski definition) is 2. The summed E-state index contributed by atoms with van der Waals surface area (Å²) >= 11 is 6.15. The molecule has 1 aromatic carbocycles. The number of benzene rings is 1. The van der Waals surface area contributed by atoms with Crippen molar-refractivity contribution in [3.8, 4) is 0 Å². The number of halogens is 1. The lowest BCUT2D eigenvalue weighted by atomic mass is 9.85. The molecule has 0 amide bonds. The molecule has 1 atom stereocenters. The van der Waals surface area contributed by atoms with Crippen LogP contribution < -0.4 is 5.73 Å². The van der Waals surface area contributed by atoms with E-state index in [2.05, 4.69) is 38.8 Å². The SMILES string of the molecule is CN(CCC(N)C(C)(C)C)Cc1ccccc1Cl. The van der Waals surface area contributed by atoms with Crippen molar-refractivity contribution in [2.45, 2.75) is 39.8 Å². The summed E-state index contributed by atoms with van der Waals surface area (Å²) in [6.45, 7) is 8.42. The van der Waals surface area contributed by atoms with Crippen LogP contribution in [0.25, 0.3) is 0 Å². The van der Waals surface area contributed by atoms with Gasteiger partial charge in [-0.2, -0.15) is 0 Å². The highest BCUT2D eigenvalue weighted by molar-refractivity contribution is 6.31. The molecule has 3 heteroatoms. The highest BCUT2D eigenvalue weighted by Crippen LogP contribution is 2.21. The summed E-state index contributed by atoms with van der Waals surface area (Å²) < 4.78 is 0. The lowest BCUT2D eigenvalue weighted by Gasteiger charge is -2.29. The Balaban J connectivity index is 2.43. The summed E-state index contributed by atoms with van der Waals surface area (Å²) in [5, 5.41) is 0.837. The molecule has 1 unspecified atom stereocenters. The van der Waals surface area contributed by atoms with Gasteiger partial charge in [0.15, 0.2) is 0 Å². The van der Waals surface area contributed by atoms with Gasteiger partial charge in [0.2, 0.25) is 0 Å². The molecule has 0 fully saturated rings. The Morgan fingerprint density at radius 2 is 1.89 bits per heavy atom. The van der Waals surface area contributed by atoms with E-state index in [9.17, 15) is 0 Å². The standard InChI is InChI=1S/C15H25ClN2/c1-15(2,3)14(17)9-10-18(4)11-12-7-5-6-8-13(12)16/h5-8,14H,9-11,17H2,1-4H3. The second kappa shape index (κ2) is 6.55. The van der Waals surface area contributed by atoms with Gasteiger partial charge in [-0.3, -0.25) is 0 Å². The lowest BCUT2D eigenvalue weighted by Crippen LogP contribution is -2.37. The maximum Gasteiger partial charge on any atom is 0.0451 e. The summed E-state index contributed by atoms with van der Waals surface area (Å²) in [6.07, 6.45) is 1.00. The highest BCUT2D eigenvalue weighted by atomic mass is 35.5. The lowest BCUT2D eigenvalue weighted by molar-refractivity contribution is 0.251. The number of hydrogen-bond donors (Lipinski definition) is 1. The van der Waals surface area contributed by atoms with E-state index >= 15 is 0 Å². The Labute approximate surface area is 116 Å². The first-order valence-electron chi connectivity index (χ1n) is 6.48. The van der Waals surface area contributed by atoms with Gasteiger partial charge in [0.05, 0.1) is 0 Å². The Hall–Kier alpha value is -0.570. The normalized spacial score (nSPS) is 13.9. The summed E-state index contributed by atoms with van der Waals surface area (Å²) in [5.41, 5.74) is 7.51. The maximum absolute atomic E-state index is 6.17. The molecule has 102 valence electrons. The van der Waals surface area contributed by atoms with Crippen LogP contribution in [0.4, 0.5) is 0 Å². The maximum atomic E-state index is 6.17. The van der Waals surface area contributed by atoms with Crippen molar-refractivity contribution < 1.29 is 0 Å². The van der Waals surface area contributed by atoms with Crippen LogP contribution in [-0.4, -0.2) is 24.5 Å². The molecule has 2 N–H and O–H groups in total. The molecule has 0 heterocycles. The predicted octanol–water partition coefficient (Wildman–Crippen LogP) is 3.54. The minimum Gasteiger partial charge on any atom is -0.327 e. The van der Waals surface area contributed by atoms with E-state index in [0.29, 0.717) is 0 Å². The zero-order valence-electron chi connectivity index (χ0n) is 11.9. The monoisotopic (exact) mass is 268 g/mol. The van der Waals surface area contributed by atoms with Gasteiger partial charge >= 0.3 is 0 Å². The van der Waals surface area contributed by atoms with Crippen LogP contribution in [0.5, 0.6) is 0 Å². The Morgan fingerprint density at radius 1 is 1.28 bits per heavy atom. The topological polar surface area (TPSA) is 29.3 Å². The molecule has 0 spiro atoms. The molecule has 2 nitrogen and oxygen atoms in total. The van der Waals surface area contributed by atoms with Gasteiger partial charge in [-0.05, 0) is 37.1 Å². The van der Waals surface area contributed by atoms with Crippen LogP contribution in [0.15, 0.2) is 24.3 Å². The molecule has 0 saturated heterocycles. The molecular formula is C15H25ClN2. The Bertz CT molecular complexity index is 371. The third kappa shape index (κ3) is 4.97. The first-order chi connectivity index (χ1) is 8.30. The van der Waals surface area contributed by atoms with Crippen LogP contribution in [0.1, 0.15) is 32.8 Å². The number of nitrogens with zero attached hydrogens (tertiary/aromatic N) is 1. The summed E-state index contributed by atoms with van der Waals surface area (Å²) in [6, 6.07) is 8.22. The van der Waals surface area contributed by atoms with Gasteiger partial charge in [0, 0.05) is 17.6 Å². The molecule has 0 aliphatic rings. The van der Waals surface area contributed by atoms with E-state index < -0.39 is 0 Å². The second-order valence-electron chi connectivity index (χ2n) is 6.09. The Morgan fingerprint density at radius 3 is 2.44 bits per heavy atom. The van der Waals surface area contributed by atoms with E-state index in [0.717, 1.165) is 24.5 Å². The number of rotatable bonds is 5. The van der Waals surface area contributed by atoms with E-state index in [1.807, 2.05) is 18.2 Å². The van der Waals surface area contributed by atoms with Crippen molar-refractivity contribution in [3.05, 3.63) is 34.9 Å². The molecule has 18 heavy (non-hydrogen) atoms. The van der Waals surface area contributed by atoms with Crippen molar-refractivity contribution >= 4 is 11.6 Å². The molecule has 0 aliphatic heterocycles. The molecule has 1 aromatic rings. The zero-order valence-corrected chi connectivity index (χ0v) is 12.7. The van der Waals surface area contributed by atoms with E-state index in [4.69, 9.17) is 17.3 Å². The van der Waals surface area contributed by atoms with Crippen molar-refractivity contribution in [3.63, 3.8) is 0 Å². The van der Waals surface area contributed by atoms with Gasteiger partial charge in [0.25, 0.3) is 0 Å². The fourth-order valence-electron chi connectivity index (χ4n) is 1.79. The van der Waals surface area contributed by atoms with Crippen LogP contribution in [0.2, 0.25) is 5.02 Å². The molecule has 1 rings (SSSR count). The van der Waals surface area contributed by atoms with Crippen molar-refractivity contribution in [1.29, 1.82) is 0 Å². The highest BCUT2D eigenvalue weighted by Gasteiger charge is 2.20. The van der Waals surface area contributed by atoms with Gasteiger partial charge in [-0.15, -0.1) is 0 Å². The third-order valence-corrected chi connectivity index (χ3v) is 3.70. The molecule has 0 aromatic heterocycles. The largest absolute Gasteiger partial charge is 0.327 e. The first-order valence-corrected chi connectivity index (χ1v) is 6.86. The van der Waals surface area contributed by atoms with Gasteiger partial charge in [0.1, 0.15) is 0 Å². The Kier molecular flexibility index (Phi) is 5.64. The van der Waals surface area contributed by atoms with E-state index in [1.165, 1.54) is 5.56 Å². The van der Waals surface area contributed by atoms with Crippen LogP contribution in [0, 0.1) is 5.41 Å². The number of nitrogens with two attached hydrogens (primary N) is 1. The second-order valence-corrected chi connectivity index (χ2v) is 6.50. The minimum absolute atomic E-state index is 0.172. The zero-order chi connectivity index (χ0) is 13.8. The van der Waals surface area contributed by atoms with Crippen molar-refractivity contribution in [2.75, 3.05) is 13.6 Å². The third-order valence-electron chi connectivity index (χ3n) is 3.33. The van der Waals surface area contributed by atoms with Crippen LogP contribution >= 0.6 is 11.6 Å². The smallest absolute Gasteiger partial charge is 0.0451 e. The molecule has 0 radical (unpaired) electrons. The molecule has 0 saturated carbocycles. The molecule has 0 aliphatic carbocycles. The fourth-order valence-corrected chi connectivity index (χ4v) is 1.98. The average molecular weight is 269 g/mol. The average Bonchev–Trinajstić information content (AvgIpc) is 2.27. The summed E-state index contributed by atoms with van der Waals surface area (Å²) in [5.74, 6) is 0. The molecular weight excluding hydrogens is 244 g/mol. The van der Waals surface area contributed by atoms with Crippen LogP contribution in [0.3, 0.4) is 0 Å². The minimum atomic E-state index is 0.172. The summed E-state index contributed by atoms with van der Waals surface area (Å²) in [4.78, 5) is 2.27.